The van der Waals surface area contributed by atoms with Gasteiger partial charge in [0.25, 0.3) is 0 Å². The van der Waals surface area contributed by atoms with Gasteiger partial charge in [-0.15, -0.1) is 0 Å². The summed E-state index contributed by atoms with van der Waals surface area (Å²) in [6.07, 6.45) is 1.35. The fourth-order valence-electron chi connectivity index (χ4n) is 6.10. The van der Waals surface area contributed by atoms with Gasteiger partial charge in [0.05, 0.1) is 19.3 Å². The van der Waals surface area contributed by atoms with Crippen molar-refractivity contribution < 1.29 is 28.7 Å². The zero-order valence-electron chi connectivity index (χ0n) is 26.4. The molecule has 2 heterocycles. The van der Waals surface area contributed by atoms with E-state index >= 15 is 0 Å². The largest absolute Gasteiger partial charge is 0.467 e. The molecule has 0 aliphatic carbocycles. The zero-order valence-corrected chi connectivity index (χ0v) is 26.4. The van der Waals surface area contributed by atoms with Crippen LogP contribution in [0.25, 0.3) is 0 Å². The number of carbonyl (C=O) groups is 4. The fourth-order valence-corrected chi connectivity index (χ4v) is 6.10. The van der Waals surface area contributed by atoms with Crippen molar-refractivity contribution in [2.24, 2.45) is 0 Å². The third-order valence-electron chi connectivity index (χ3n) is 8.27. The Morgan fingerprint density at radius 1 is 0.822 bits per heavy atom. The second-order valence-corrected chi connectivity index (χ2v) is 12.6. The molecule has 9 nitrogen and oxygen atoms in total. The van der Waals surface area contributed by atoms with Gasteiger partial charge in [0.2, 0.25) is 11.8 Å². The number of para-hydroxylation sites is 1. The summed E-state index contributed by atoms with van der Waals surface area (Å²) in [7, 11) is 1.31. The molecular weight excluding hydrogens is 570 g/mol. The molecule has 0 saturated carbocycles. The topological polar surface area (TPSA) is 96.5 Å². The lowest BCUT2D eigenvalue weighted by Crippen LogP contribution is -2.55. The number of aryl methyl sites for hydroxylation is 1. The first-order chi connectivity index (χ1) is 21.6. The number of carbonyl (C=O) groups excluding carboxylic acids is 4. The van der Waals surface area contributed by atoms with E-state index in [1.165, 1.54) is 21.8 Å². The van der Waals surface area contributed by atoms with Crippen molar-refractivity contribution in [3.8, 4) is 0 Å². The molecule has 2 aliphatic rings. The van der Waals surface area contributed by atoms with E-state index in [-0.39, 0.29) is 24.9 Å². The third kappa shape index (κ3) is 7.36. The number of methoxy groups -OCH3 is 1. The molecule has 0 saturated heterocycles. The normalized spacial score (nSPS) is 17.2. The number of anilines is 1. The molecular formula is C36H41N3O6. The van der Waals surface area contributed by atoms with Crippen LogP contribution in [0.2, 0.25) is 0 Å². The summed E-state index contributed by atoms with van der Waals surface area (Å²) < 4.78 is 10.8. The van der Waals surface area contributed by atoms with Crippen LogP contribution in [-0.4, -0.2) is 71.6 Å². The van der Waals surface area contributed by atoms with Crippen LogP contribution in [0, 0.1) is 0 Å². The summed E-state index contributed by atoms with van der Waals surface area (Å²) in [5, 5.41) is 0. The minimum atomic E-state index is -0.875. The molecule has 0 fully saturated rings. The van der Waals surface area contributed by atoms with Crippen LogP contribution in [0.4, 0.5) is 10.5 Å². The van der Waals surface area contributed by atoms with Crippen LogP contribution in [0.5, 0.6) is 0 Å². The van der Waals surface area contributed by atoms with Crippen LogP contribution in [0.1, 0.15) is 49.4 Å². The molecule has 9 heteroatoms. The Bertz CT molecular complexity index is 1550. The van der Waals surface area contributed by atoms with Crippen molar-refractivity contribution >= 4 is 29.6 Å². The van der Waals surface area contributed by atoms with E-state index in [2.05, 4.69) is 0 Å². The highest BCUT2D eigenvalue weighted by molar-refractivity contribution is 6.01. The van der Waals surface area contributed by atoms with Gasteiger partial charge in [-0.1, -0.05) is 72.8 Å². The molecule has 2 aliphatic heterocycles. The molecule has 236 valence electrons. The summed E-state index contributed by atoms with van der Waals surface area (Å²) >= 11 is 0. The highest BCUT2D eigenvalue weighted by atomic mass is 16.6. The second-order valence-electron chi connectivity index (χ2n) is 12.6. The Kier molecular flexibility index (Phi) is 9.56. The van der Waals surface area contributed by atoms with E-state index in [0.717, 1.165) is 22.3 Å². The average molecular weight is 612 g/mol. The molecule has 2 atom stereocenters. The Labute approximate surface area is 264 Å². The molecule has 3 aromatic carbocycles. The summed E-state index contributed by atoms with van der Waals surface area (Å²) in [4.78, 5) is 59.3. The Balaban J connectivity index is 1.42. The number of nitrogens with zero attached hydrogens (tertiary/aromatic N) is 3. The Hall–Kier alpha value is -4.66. The van der Waals surface area contributed by atoms with Gasteiger partial charge in [-0.25, -0.2) is 9.59 Å². The van der Waals surface area contributed by atoms with Gasteiger partial charge in [-0.2, -0.15) is 0 Å². The zero-order chi connectivity index (χ0) is 32.1. The van der Waals surface area contributed by atoms with Crippen LogP contribution < -0.4 is 4.90 Å². The monoisotopic (exact) mass is 611 g/mol. The molecule has 5 rings (SSSR count). The van der Waals surface area contributed by atoms with Crippen molar-refractivity contribution in [2.45, 2.75) is 70.7 Å². The number of hydrogen-bond acceptors (Lipinski definition) is 6. The Morgan fingerprint density at radius 3 is 2.13 bits per heavy atom. The van der Waals surface area contributed by atoms with E-state index in [1.54, 1.807) is 20.8 Å². The maximum absolute atomic E-state index is 14.4. The highest BCUT2D eigenvalue weighted by Crippen LogP contribution is 2.34. The van der Waals surface area contributed by atoms with Gasteiger partial charge in [-0.3, -0.25) is 14.5 Å². The number of fused-ring (bicyclic) bond motifs is 2. The standard InChI is InChI=1S/C36H41N3O6/c1-36(2,3)45-35(43)39-29-19-11-10-17-27(29)22-30(39)33(41)37(20-12-15-25-13-6-5-7-14-25)24-32(40)38-23-28-18-9-8-16-26(28)21-31(38)34(42)44-4/h5-11,13-14,16-19,30-31H,12,15,20-24H2,1-4H3/t30-,31-/m1/s1. The van der Waals surface area contributed by atoms with Crippen molar-refractivity contribution in [2.75, 3.05) is 25.1 Å². The smallest absolute Gasteiger partial charge is 0.415 e. The fraction of sp³-hybridized carbons (Fsp3) is 0.389. The number of rotatable bonds is 8. The van der Waals surface area contributed by atoms with Crippen molar-refractivity contribution in [3.05, 3.63) is 101 Å². The summed E-state index contributed by atoms with van der Waals surface area (Å²) in [5.74, 6) is -1.19. The number of ether oxygens (including phenoxy) is 2. The Morgan fingerprint density at radius 2 is 1.44 bits per heavy atom. The summed E-state index contributed by atoms with van der Waals surface area (Å²) in [5.41, 5.74) is 3.79. The molecule has 0 unspecified atom stereocenters. The first-order valence-corrected chi connectivity index (χ1v) is 15.4. The number of benzene rings is 3. The molecule has 3 amide bonds. The maximum Gasteiger partial charge on any atom is 0.415 e. The van der Waals surface area contributed by atoms with Gasteiger partial charge in [0, 0.05) is 25.9 Å². The average Bonchev–Trinajstić information content (AvgIpc) is 3.42. The predicted octanol–water partition coefficient (Wildman–Crippen LogP) is 4.94. The molecule has 3 aromatic rings. The molecule has 0 N–H and O–H groups in total. The van der Waals surface area contributed by atoms with E-state index in [1.807, 2.05) is 78.9 Å². The molecule has 45 heavy (non-hydrogen) atoms. The number of esters is 1. The minimum Gasteiger partial charge on any atom is -0.467 e. The molecule has 0 aromatic heterocycles. The lowest BCUT2D eigenvalue weighted by molar-refractivity contribution is -0.155. The van der Waals surface area contributed by atoms with Gasteiger partial charge >= 0.3 is 12.1 Å². The molecule has 0 radical (unpaired) electrons. The van der Waals surface area contributed by atoms with Crippen molar-refractivity contribution in [1.29, 1.82) is 0 Å². The molecule has 0 bridgehead atoms. The SMILES string of the molecule is COC(=O)[C@H]1Cc2ccccc2CN1C(=O)CN(CCCc1ccccc1)C(=O)[C@H]1Cc2ccccc2N1C(=O)OC(C)(C)C. The summed E-state index contributed by atoms with van der Waals surface area (Å²) in [6.45, 7) is 5.64. The van der Waals surface area contributed by atoms with Gasteiger partial charge in [0.15, 0.2) is 0 Å². The predicted molar refractivity (Wildman–Crippen MR) is 170 cm³/mol. The summed E-state index contributed by atoms with van der Waals surface area (Å²) in [6, 6.07) is 23.4. The highest BCUT2D eigenvalue weighted by Gasteiger charge is 2.43. The van der Waals surface area contributed by atoms with Crippen LogP contribution in [0.3, 0.4) is 0 Å². The van der Waals surface area contributed by atoms with E-state index in [0.29, 0.717) is 37.9 Å². The lowest BCUT2D eigenvalue weighted by Gasteiger charge is -2.37. The van der Waals surface area contributed by atoms with Gasteiger partial charge in [0.1, 0.15) is 17.7 Å². The van der Waals surface area contributed by atoms with Crippen LogP contribution in [-0.2, 0) is 49.7 Å². The van der Waals surface area contributed by atoms with E-state index < -0.39 is 29.7 Å². The van der Waals surface area contributed by atoms with Crippen molar-refractivity contribution in [3.63, 3.8) is 0 Å². The van der Waals surface area contributed by atoms with E-state index in [9.17, 15) is 19.2 Å². The first-order valence-electron chi connectivity index (χ1n) is 15.4. The number of hydrogen-bond donors (Lipinski definition) is 0. The quantitative estimate of drug-likeness (QED) is 0.335. The van der Waals surface area contributed by atoms with Crippen LogP contribution in [0.15, 0.2) is 78.9 Å². The van der Waals surface area contributed by atoms with Gasteiger partial charge < -0.3 is 19.3 Å². The maximum atomic E-state index is 14.4. The number of amides is 3. The third-order valence-corrected chi connectivity index (χ3v) is 8.27. The second kappa shape index (κ2) is 13.5. The van der Waals surface area contributed by atoms with Crippen molar-refractivity contribution in [1.82, 2.24) is 9.80 Å². The van der Waals surface area contributed by atoms with Crippen LogP contribution >= 0.6 is 0 Å². The van der Waals surface area contributed by atoms with Gasteiger partial charge in [-0.05, 0) is 61.9 Å². The molecule has 0 spiro atoms. The first kappa shape index (κ1) is 31.8. The minimum absolute atomic E-state index is 0.236. The lowest BCUT2D eigenvalue weighted by atomic mass is 9.94. The van der Waals surface area contributed by atoms with E-state index in [4.69, 9.17) is 9.47 Å².